The molecule has 1 heterocycles. The maximum absolute atomic E-state index is 12.0. The average molecular weight is 361 g/mol. The van der Waals surface area contributed by atoms with Crippen molar-refractivity contribution < 1.29 is 13.9 Å². The molecule has 2 aromatic carbocycles. The molecule has 0 aliphatic rings. The number of rotatable bonds is 6. The molecule has 3 rings (SSSR count). The van der Waals surface area contributed by atoms with Crippen LogP contribution in [0.3, 0.4) is 0 Å². The Hall–Kier alpha value is -2.73. The molecule has 7 heteroatoms. The summed E-state index contributed by atoms with van der Waals surface area (Å²) in [5, 5.41) is 3.33. The van der Waals surface area contributed by atoms with Crippen molar-refractivity contribution in [1.29, 1.82) is 0 Å². The molecule has 3 aromatic rings. The largest absolute Gasteiger partial charge is 0.492 e. The normalized spacial score (nSPS) is 10.8. The number of halogens is 1. The third kappa shape index (κ3) is 4.03. The third-order valence-electron chi connectivity index (χ3n) is 3.72. The number of anilines is 1. The van der Waals surface area contributed by atoms with E-state index in [4.69, 9.17) is 20.8 Å². The highest BCUT2D eigenvalue weighted by Crippen LogP contribution is 2.23. The molecular weight excluding hydrogens is 344 g/mol. The molecule has 0 bridgehead atoms. The van der Waals surface area contributed by atoms with Crippen molar-refractivity contribution in [2.24, 2.45) is 7.05 Å². The highest BCUT2D eigenvalue weighted by Gasteiger charge is 2.08. The van der Waals surface area contributed by atoms with E-state index >= 15 is 0 Å². The summed E-state index contributed by atoms with van der Waals surface area (Å²) in [7, 11) is 1.63. The van der Waals surface area contributed by atoms with Crippen molar-refractivity contribution in [2.45, 2.75) is 12.8 Å². The van der Waals surface area contributed by atoms with Gasteiger partial charge in [0.15, 0.2) is 5.58 Å². The fourth-order valence-electron chi connectivity index (χ4n) is 2.41. The number of ether oxygens (including phenoxy) is 1. The van der Waals surface area contributed by atoms with E-state index in [9.17, 15) is 9.59 Å². The molecule has 0 aliphatic carbocycles. The van der Waals surface area contributed by atoms with E-state index in [1.165, 1.54) is 4.57 Å². The Labute approximate surface area is 149 Å². The fourth-order valence-corrected chi connectivity index (χ4v) is 2.60. The molecule has 1 amide bonds. The molecule has 0 saturated carbocycles. The minimum absolute atomic E-state index is 0.139. The lowest BCUT2D eigenvalue weighted by Gasteiger charge is -2.08. The second kappa shape index (κ2) is 7.44. The van der Waals surface area contributed by atoms with Crippen LogP contribution in [0.4, 0.5) is 5.69 Å². The molecule has 1 aromatic heterocycles. The van der Waals surface area contributed by atoms with Gasteiger partial charge in [-0.15, -0.1) is 0 Å². The highest BCUT2D eigenvalue weighted by atomic mass is 35.5. The smallest absolute Gasteiger partial charge is 0.419 e. The minimum Gasteiger partial charge on any atom is -0.492 e. The Kier molecular flexibility index (Phi) is 5.09. The van der Waals surface area contributed by atoms with Gasteiger partial charge in [0.25, 0.3) is 0 Å². The number of aryl methyl sites for hydroxylation is 1. The van der Waals surface area contributed by atoms with Crippen molar-refractivity contribution in [2.75, 3.05) is 11.9 Å². The zero-order valence-electron chi connectivity index (χ0n) is 13.6. The lowest BCUT2D eigenvalue weighted by molar-refractivity contribution is -0.116. The molecule has 0 saturated heterocycles. The van der Waals surface area contributed by atoms with E-state index in [2.05, 4.69) is 5.32 Å². The van der Waals surface area contributed by atoms with Gasteiger partial charge in [-0.1, -0.05) is 23.7 Å². The van der Waals surface area contributed by atoms with Crippen LogP contribution in [-0.4, -0.2) is 17.1 Å². The Bertz CT molecular complexity index is 961. The van der Waals surface area contributed by atoms with Gasteiger partial charge in [0, 0.05) is 25.2 Å². The molecular formula is C18H17ClN2O4. The van der Waals surface area contributed by atoms with E-state index in [1.807, 2.05) is 12.1 Å². The molecule has 130 valence electrons. The lowest BCUT2D eigenvalue weighted by atomic mass is 10.2. The predicted octanol–water partition coefficient (Wildman–Crippen LogP) is 3.58. The lowest BCUT2D eigenvalue weighted by Crippen LogP contribution is -2.12. The van der Waals surface area contributed by atoms with Crippen molar-refractivity contribution in [3.8, 4) is 5.75 Å². The van der Waals surface area contributed by atoms with Crippen molar-refractivity contribution in [3.05, 3.63) is 58.0 Å². The van der Waals surface area contributed by atoms with E-state index in [0.29, 0.717) is 47.0 Å². The monoisotopic (exact) mass is 360 g/mol. The van der Waals surface area contributed by atoms with Gasteiger partial charge in [0.2, 0.25) is 5.91 Å². The maximum atomic E-state index is 12.0. The molecule has 1 N–H and O–H groups in total. The molecule has 25 heavy (non-hydrogen) atoms. The van der Waals surface area contributed by atoms with E-state index in [1.54, 1.807) is 37.4 Å². The quantitative estimate of drug-likeness (QED) is 0.682. The number of hydrogen-bond acceptors (Lipinski definition) is 4. The molecule has 0 radical (unpaired) electrons. The standard InChI is InChI=1S/C18H17ClN2O4/c1-21-14-9-8-12(11-16(14)25-18(21)23)20-17(22)7-4-10-24-15-6-3-2-5-13(15)19/h2-3,5-6,8-9,11H,4,7,10H2,1H3,(H,20,22). The molecule has 0 unspecified atom stereocenters. The Morgan fingerprint density at radius 3 is 2.88 bits per heavy atom. The summed E-state index contributed by atoms with van der Waals surface area (Å²) in [5.41, 5.74) is 1.70. The molecule has 0 spiro atoms. The number of hydrogen-bond donors (Lipinski definition) is 1. The van der Waals surface area contributed by atoms with E-state index < -0.39 is 5.76 Å². The summed E-state index contributed by atoms with van der Waals surface area (Å²) in [6.45, 7) is 0.393. The van der Waals surface area contributed by atoms with Crippen LogP contribution in [0.2, 0.25) is 5.02 Å². The number of benzene rings is 2. The summed E-state index contributed by atoms with van der Waals surface area (Å²) in [4.78, 5) is 23.5. The fraction of sp³-hybridized carbons (Fsp3) is 0.222. The van der Waals surface area contributed by atoms with Crippen LogP contribution in [0.5, 0.6) is 5.75 Å². The number of carbonyl (C=O) groups is 1. The highest BCUT2D eigenvalue weighted by molar-refractivity contribution is 6.32. The number of aromatic nitrogens is 1. The number of oxazole rings is 1. The van der Waals surface area contributed by atoms with Gasteiger partial charge in [-0.25, -0.2) is 4.79 Å². The van der Waals surface area contributed by atoms with Crippen LogP contribution in [-0.2, 0) is 11.8 Å². The first-order chi connectivity index (χ1) is 12.0. The SMILES string of the molecule is Cn1c(=O)oc2cc(NC(=O)CCCOc3ccccc3Cl)ccc21. The second-order valence-electron chi connectivity index (χ2n) is 5.54. The first kappa shape index (κ1) is 17.1. The average Bonchev–Trinajstić information content (AvgIpc) is 2.87. The van der Waals surface area contributed by atoms with Crippen molar-refractivity contribution in [3.63, 3.8) is 0 Å². The number of carbonyl (C=O) groups excluding carboxylic acids is 1. The van der Waals surface area contributed by atoms with Crippen molar-refractivity contribution in [1.82, 2.24) is 4.57 Å². The van der Waals surface area contributed by atoms with Crippen LogP contribution >= 0.6 is 11.6 Å². The number of para-hydroxylation sites is 1. The molecule has 0 aliphatic heterocycles. The third-order valence-corrected chi connectivity index (χ3v) is 4.03. The van der Waals surface area contributed by atoms with Gasteiger partial charge in [-0.05, 0) is 30.7 Å². The Morgan fingerprint density at radius 1 is 1.28 bits per heavy atom. The number of nitrogens with one attached hydrogen (secondary N) is 1. The second-order valence-corrected chi connectivity index (χ2v) is 5.95. The first-order valence-corrected chi connectivity index (χ1v) is 8.19. The molecule has 0 fully saturated rings. The maximum Gasteiger partial charge on any atom is 0.419 e. The zero-order chi connectivity index (χ0) is 17.8. The van der Waals surface area contributed by atoms with Crippen LogP contribution in [0.25, 0.3) is 11.1 Å². The van der Waals surface area contributed by atoms with Crippen LogP contribution in [0.15, 0.2) is 51.7 Å². The van der Waals surface area contributed by atoms with Crippen LogP contribution in [0.1, 0.15) is 12.8 Å². The van der Waals surface area contributed by atoms with Gasteiger partial charge >= 0.3 is 5.76 Å². The number of nitrogens with zero attached hydrogens (tertiary/aromatic N) is 1. The first-order valence-electron chi connectivity index (χ1n) is 7.81. The summed E-state index contributed by atoms with van der Waals surface area (Å²) in [5.74, 6) is 0.0321. The Morgan fingerprint density at radius 2 is 2.08 bits per heavy atom. The van der Waals surface area contributed by atoms with Gasteiger partial charge < -0.3 is 14.5 Å². The summed E-state index contributed by atoms with van der Waals surface area (Å²) in [6.07, 6.45) is 0.862. The van der Waals surface area contributed by atoms with Crippen molar-refractivity contribution >= 4 is 34.3 Å². The van der Waals surface area contributed by atoms with E-state index in [0.717, 1.165) is 0 Å². The number of amides is 1. The summed E-state index contributed by atoms with van der Waals surface area (Å²) >= 11 is 6.00. The van der Waals surface area contributed by atoms with Gasteiger partial charge in [-0.3, -0.25) is 9.36 Å². The molecule has 6 nitrogen and oxygen atoms in total. The van der Waals surface area contributed by atoms with Crippen LogP contribution < -0.4 is 15.8 Å². The minimum atomic E-state index is -0.435. The topological polar surface area (TPSA) is 73.5 Å². The summed E-state index contributed by atoms with van der Waals surface area (Å²) < 4.78 is 12.1. The van der Waals surface area contributed by atoms with Crippen LogP contribution in [0, 0.1) is 0 Å². The van der Waals surface area contributed by atoms with E-state index in [-0.39, 0.29) is 5.91 Å². The zero-order valence-corrected chi connectivity index (χ0v) is 14.4. The summed E-state index contributed by atoms with van der Waals surface area (Å²) in [6, 6.07) is 12.3. The Balaban J connectivity index is 1.51. The molecule has 0 atom stereocenters. The van der Waals surface area contributed by atoms with Gasteiger partial charge in [0.1, 0.15) is 5.75 Å². The number of fused-ring (bicyclic) bond motifs is 1. The predicted molar refractivity (Wildman–Crippen MR) is 96.3 cm³/mol. The van der Waals surface area contributed by atoms with Gasteiger partial charge in [0.05, 0.1) is 17.1 Å². The van der Waals surface area contributed by atoms with Gasteiger partial charge in [-0.2, -0.15) is 0 Å².